The average Bonchev–Trinajstić information content (AvgIpc) is 2.46. The normalized spacial score (nSPS) is 44.4. The standard InChI is InChI=1S/C10H16O3/c11-9-2-1-6-3-8(10(12)13)4-7(6)5-9/h6-9,11H,1-5H2,(H,12,13)/t6-,7-,8-,9+/m0/s1. The minimum Gasteiger partial charge on any atom is -0.481 e. The Bertz CT molecular complexity index is 214. The molecule has 2 aliphatic carbocycles. The van der Waals surface area contributed by atoms with Crippen molar-refractivity contribution >= 4 is 5.97 Å². The van der Waals surface area contributed by atoms with Gasteiger partial charge in [0.25, 0.3) is 0 Å². The van der Waals surface area contributed by atoms with Crippen molar-refractivity contribution in [1.29, 1.82) is 0 Å². The molecule has 2 rings (SSSR count). The lowest BCUT2D eigenvalue weighted by Crippen LogP contribution is -2.23. The van der Waals surface area contributed by atoms with Crippen LogP contribution in [0, 0.1) is 17.8 Å². The number of hydrogen-bond donors (Lipinski definition) is 2. The predicted molar refractivity (Wildman–Crippen MR) is 47.2 cm³/mol. The number of carboxylic acid groups (broad SMARTS) is 1. The van der Waals surface area contributed by atoms with Gasteiger partial charge in [0.15, 0.2) is 0 Å². The molecule has 3 heteroatoms. The van der Waals surface area contributed by atoms with E-state index in [1.54, 1.807) is 0 Å². The number of fused-ring (bicyclic) bond motifs is 1. The lowest BCUT2D eigenvalue weighted by Gasteiger charge is -2.28. The van der Waals surface area contributed by atoms with Crippen molar-refractivity contribution in [2.45, 2.75) is 38.2 Å². The Hall–Kier alpha value is -0.570. The topological polar surface area (TPSA) is 57.5 Å². The summed E-state index contributed by atoms with van der Waals surface area (Å²) in [7, 11) is 0. The van der Waals surface area contributed by atoms with Crippen molar-refractivity contribution in [3.05, 3.63) is 0 Å². The molecule has 2 fully saturated rings. The second-order valence-corrected chi connectivity index (χ2v) is 4.49. The molecule has 2 saturated carbocycles. The molecule has 2 N–H and O–H groups in total. The number of hydrogen-bond acceptors (Lipinski definition) is 2. The Morgan fingerprint density at radius 1 is 1.08 bits per heavy atom. The first-order valence-corrected chi connectivity index (χ1v) is 5.07. The monoisotopic (exact) mass is 184 g/mol. The maximum Gasteiger partial charge on any atom is 0.306 e. The molecule has 13 heavy (non-hydrogen) atoms. The van der Waals surface area contributed by atoms with Gasteiger partial charge in [-0.25, -0.2) is 0 Å². The molecule has 0 unspecified atom stereocenters. The van der Waals surface area contributed by atoms with Gasteiger partial charge in [-0.3, -0.25) is 4.79 Å². The fraction of sp³-hybridized carbons (Fsp3) is 0.900. The van der Waals surface area contributed by atoms with Gasteiger partial charge in [-0.05, 0) is 43.9 Å². The van der Waals surface area contributed by atoms with E-state index in [0.717, 1.165) is 32.1 Å². The van der Waals surface area contributed by atoms with E-state index in [-0.39, 0.29) is 12.0 Å². The lowest BCUT2D eigenvalue weighted by atomic mass is 9.80. The summed E-state index contributed by atoms with van der Waals surface area (Å²) in [6.07, 6.45) is 4.18. The number of aliphatic hydroxyl groups is 1. The van der Waals surface area contributed by atoms with Gasteiger partial charge in [-0.2, -0.15) is 0 Å². The van der Waals surface area contributed by atoms with Crippen molar-refractivity contribution < 1.29 is 15.0 Å². The van der Waals surface area contributed by atoms with Crippen molar-refractivity contribution in [3.8, 4) is 0 Å². The molecule has 0 spiro atoms. The van der Waals surface area contributed by atoms with E-state index in [0.29, 0.717) is 11.8 Å². The fourth-order valence-electron chi connectivity index (χ4n) is 2.93. The van der Waals surface area contributed by atoms with Crippen molar-refractivity contribution in [3.63, 3.8) is 0 Å². The van der Waals surface area contributed by atoms with E-state index in [4.69, 9.17) is 5.11 Å². The Kier molecular flexibility index (Phi) is 2.28. The number of carboxylic acids is 1. The zero-order valence-electron chi connectivity index (χ0n) is 7.65. The highest BCUT2D eigenvalue weighted by Crippen LogP contribution is 2.45. The summed E-state index contributed by atoms with van der Waals surface area (Å²) in [4.78, 5) is 10.8. The van der Waals surface area contributed by atoms with Gasteiger partial charge in [-0.15, -0.1) is 0 Å². The summed E-state index contributed by atoms with van der Waals surface area (Å²) in [6.45, 7) is 0. The first kappa shape index (κ1) is 9.00. The van der Waals surface area contributed by atoms with Crippen LogP contribution in [-0.4, -0.2) is 22.3 Å². The summed E-state index contributed by atoms with van der Waals surface area (Å²) in [6, 6.07) is 0. The van der Waals surface area contributed by atoms with E-state index in [1.165, 1.54) is 0 Å². The van der Waals surface area contributed by atoms with Gasteiger partial charge >= 0.3 is 5.97 Å². The van der Waals surface area contributed by atoms with Crippen LogP contribution in [0.1, 0.15) is 32.1 Å². The lowest BCUT2D eigenvalue weighted by molar-refractivity contribution is -0.141. The van der Waals surface area contributed by atoms with Crippen molar-refractivity contribution in [2.75, 3.05) is 0 Å². The van der Waals surface area contributed by atoms with E-state index in [2.05, 4.69) is 0 Å². The molecule has 0 amide bonds. The van der Waals surface area contributed by atoms with Crippen LogP contribution in [0.25, 0.3) is 0 Å². The van der Waals surface area contributed by atoms with Gasteiger partial charge in [0, 0.05) is 0 Å². The minimum atomic E-state index is -0.649. The van der Waals surface area contributed by atoms with Crippen molar-refractivity contribution in [2.24, 2.45) is 17.8 Å². The highest BCUT2D eigenvalue weighted by atomic mass is 16.4. The largest absolute Gasteiger partial charge is 0.481 e. The predicted octanol–water partition coefficient (Wildman–Crippen LogP) is 1.26. The fourth-order valence-corrected chi connectivity index (χ4v) is 2.93. The molecular weight excluding hydrogens is 168 g/mol. The van der Waals surface area contributed by atoms with Crippen molar-refractivity contribution in [1.82, 2.24) is 0 Å². The highest BCUT2D eigenvalue weighted by molar-refractivity contribution is 5.70. The third-order valence-corrected chi connectivity index (χ3v) is 3.64. The molecule has 74 valence electrons. The smallest absolute Gasteiger partial charge is 0.306 e. The van der Waals surface area contributed by atoms with E-state index in [9.17, 15) is 9.90 Å². The van der Waals surface area contributed by atoms with E-state index in [1.807, 2.05) is 0 Å². The SMILES string of the molecule is O=C(O)[C@@H]1C[C@H]2C[C@H](O)CC[C@H]2C1. The highest BCUT2D eigenvalue weighted by Gasteiger charge is 2.40. The second kappa shape index (κ2) is 3.29. The van der Waals surface area contributed by atoms with Crippen LogP contribution in [0.4, 0.5) is 0 Å². The molecule has 0 aliphatic heterocycles. The molecule has 0 radical (unpaired) electrons. The molecule has 0 aromatic heterocycles. The van der Waals surface area contributed by atoms with Crippen LogP contribution in [0.2, 0.25) is 0 Å². The van der Waals surface area contributed by atoms with Crippen LogP contribution in [0.3, 0.4) is 0 Å². The van der Waals surface area contributed by atoms with Crippen LogP contribution in [-0.2, 0) is 4.79 Å². The summed E-state index contributed by atoms with van der Waals surface area (Å²) in [5.41, 5.74) is 0. The average molecular weight is 184 g/mol. The summed E-state index contributed by atoms with van der Waals surface area (Å²) in [5.74, 6) is 0.263. The summed E-state index contributed by atoms with van der Waals surface area (Å²) < 4.78 is 0. The first-order valence-electron chi connectivity index (χ1n) is 5.07. The van der Waals surface area contributed by atoms with Gasteiger partial charge < -0.3 is 10.2 Å². The quantitative estimate of drug-likeness (QED) is 0.645. The van der Waals surface area contributed by atoms with Crippen LogP contribution >= 0.6 is 0 Å². The zero-order chi connectivity index (χ0) is 9.42. The molecule has 0 aromatic carbocycles. The Morgan fingerprint density at radius 2 is 1.77 bits per heavy atom. The number of rotatable bonds is 1. The van der Waals surface area contributed by atoms with Gasteiger partial charge in [0.05, 0.1) is 12.0 Å². The third kappa shape index (κ3) is 1.70. The van der Waals surface area contributed by atoms with Gasteiger partial charge in [0.2, 0.25) is 0 Å². The maximum atomic E-state index is 10.8. The second-order valence-electron chi connectivity index (χ2n) is 4.49. The van der Waals surface area contributed by atoms with Gasteiger partial charge in [0.1, 0.15) is 0 Å². The van der Waals surface area contributed by atoms with E-state index >= 15 is 0 Å². The van der Waals surface area contributed by atoms with Crippen LogP contribution < -0.4 is 0 Å². The number of aliphatic carboxylic acids is 1. The summed E-state index contributed by atoms with van der Waals surface area (Å²) in [5, 5.41) is 18.3. The minimum absolute atomic E-state index is 0.139. The van der Waals surface area contributed by atoms with Gasteiger partial charge in [-0.1, -0.05) is 0 Å². The Balaban J connectivity index is 1.98. The van der Waals surface area contributed by atoms with Crippen LogP contribution in [0.5, 0.6) is 0 Å². The van der Waals surface area contributed by atoms with E-state index < -0.39 is 5.97 Å². The van der Waals surface area contributed by atoms with Crippen LogP contribution in [0.15, 0.2) is 0 Å². The molecule has 2 aliphatic rings. The first-order chi connectivity index (χ1) is 6.16. The number of carbonyl (C=O) groups is 1. The third-order valence-electron chi connectivity index (χ3n) is 3.64. The molecule has 0 saturated heterocycles. The molecule has 0 aromatic rings. The number of aliphatic hydroxyl groups excluding tert-OH is 1. The molecule has 3 nitrogen and oxygen atoms in total. The molecular formula is C10H16O3. The summed E-state index contributed by atoms with van der Waals surface area (Å²) >= 11 is 0. The maximum absolute atomic E-state index is 10.8. The Labute approximate surface area is 77.8 Å². The Morgan fingerprint density at radius 3 is 2.46 bits per heavy atom. The molecule has 0 heterocycles. The zero-order valence-corrected chi connectivity index (χ0v) is 7.65. The molecule has 4 atom stereocenters. The molecule has 0 bridgehead atoms.